The fourth-order valence-electron chi connectivity index (χ4n) is 4.81. The van der Waals surface area contributed by atoms with Crippen LogP contribution in [0.5, 0.6) is 0 Å². The van der Waals surface area contributed by atoms with Crippen molar-refractivity contribution >= 4 is 40.7 Å². The zero-order chi connectivity index (χ0) is 30.8. The maximum atomic E-state index is 14.0. The number of thioether (sulfide) groups is 1. The molecule has 4 unspecified atom stereocenters. The van der Waals surface area contributed by atoms with Gasteiger partial charge in [-0.3, -0.25) is 0 Å². The first kappa shape index (κ1) is 34.0. The van der Waals surface area contributed by atoms with E-state index in [1.807, 2.05) is 39.0 Å². The Morgan fingerprint density at radius 2 is 1.69 bits per heavy atom. The highest BCUT2D eigenvalue weighted by molar-refractivity contribution is 8.00. The maximum Gasteiger partial charge on any atom is 0.145 e. The van der Waals surface area contributed by atoms with Gasteiger partial charge >= 0.3 is 0 Å². The molecule has 0 fully saturated rings. The lowest BCUT2D eigenvalue weighted by Crippen LogP contribution is -2.43. The summed E-state index contributed by atoms with van der Waals surface area (Å²) in [7, 11) is 0. The fourth-order valence-corrected chi connectivity index (χ4v) is 6.49. The Morgan fingerprint density at radius 3 is 2.29 bits per heavy atom. The molecule has 3 aromatic rings. The number of rotatable bonds is 14. The molecule has 42 heavy (non-hydrogen) atoms. The largest absolute Gasteiger partial charge is 0.397 e. The van der Waals surface area contributed by atoms with Crippen molar-refractivity contribution in [3.63, 3.8) is 0 Å². The molecule has 3 nitrogen and oxygen atoms in total. The Kier molecular flexibility index (Phi) is 13.2. The van der Waals surface area contributed by atoms with Gasteiger partial charge in [-0.1, -0.05) is 85.1 Å². The molecule has 0 aliphatic rings. The van der Waals surface area contributed by atoms with Crippen molar-refractivity contribution in [1.82, 2.24) is 5.32 Å². The van der Waals surface area contributed by atoms with Crippen LogP contribution < -0.4 is 11.1 Å². The Balaban J connectivity index is 1.91. The van der Waals surface area contributed by atoms with E-state index in [2.05, 4.69) is 55.6 Å². The first-order chi connectivity index (χ1) is 20.0. The number of hydrogen-bond acceptors (Lipinski definition) is 4. The minimum Gasteiger partial charge on any atom is -0.397 e. The monoisotopic (exact) mass is 632 g/mol. The fraction of sp³-hybridized carbons (Fsp3) is 0.353. The van der Waals surface area contributed by atoms with E-state index in [0.29, 0.717) is 12.5 Å². The molecule has 0 aliphatic carbocycles. The van der Waals surface area contributed by atoms with Gasteiger partial charge in [-0.15, -0.1) is 11.8 Å². The van der Waals surface area contributed by atoms with E-state index >= 15 is 0 Å². The van der Waals surface area contributed by atoms with Gasteiger partial charge in [0.1, 0.15) is 16.7 Å². The standard InChI is InChI=1S/C34H40Cl2F2N2OS/c1-6-24(22(4)25-11-9-8-10-12-25)14-16-32(42-27-15-13-21(3)28(35)19-27)34(41-7-2)23(5)40-20-31(39)26-17-29(37)33(36)30(38)18-26/h8-15,17-20,22-23,32,34,40H,6-7,16,39H2,1-5H3/b24-14+,31-20-. The third-order valence-corrected chi connectivity index (χ3v) is 9.40. The van der Waals surface area contributed by atoms with Crippen LogP contribution in [0.3, 0.4) is 0 Å². The van der Waals surface area contributed by atoms with E-state index in [4.69, 9.17) is 33.7 Å². The second-order valence-electron chi connectivity index (χ2n) is 10.3. The average Bonchev–Trinajstić information content (AvgIpc) is 2.98. The van der Waals surface area contributed by atoms with E-state index in [1.165, 1.54) is 11.1 Å². The number of benzene rings is 3. The minimum absolute atomic E-state index is 0.0239. The predicted octanol–water partition coefficient (Wildman–Crippen LogP) is 9.91. The molecule has 3 aromatic carbocycles. The Morgan fingerprint density at radius 1 is 1.02 bits per heavy atom. The Labute approximate surface area is 263 Å². The Hall–Kier alpha value is -2.51. The van der Waals surface area contributed by atoms with Crippen molar-refractivity contribution in [3.05, 3.63) is 117 Å². The summed E-state index contributed by atoms with van der Waals surface area (Å²) in [5.74, 6) is -1.43. The van der Waals surface area contributed by atoms with Crippen LogP contribution in [-0.4, -0.2) is 24.0 Å². The molecule has 0 aromatic heterocycles. The molecule has 3 N–H and O–H groups in total. The number of halogens is 4. The average molecular weight is 634 g/mol. The maximum absolute atomic E-state index is 14.0. The molecule has 0 aliphatic heterocycles. The first-order valence-corrected chi connectivity index (χ1v) is 15.8. The molecule has 0 saturated heterocycles. The van der Waals surface area contributed by atoms with Gasteiger partial charge < -0.3 is 15.8 Å². The van der Waals surface area contributed by atoms with E-state index in [0.717, 1.165) is 40.5 Å². The predicted molar refractivity (Wildman–Crippen MR) is 175 cm³/mol. The number of aryl methyl sites for hydroxylation is 1. The molecular formula is C34H40Cl2F2N2OS. The molecule has 3 rings (SSSR count). The lowest BCUT2D eigenvalue weighted by atomic mass is 9.90. The van der Waals surface area contributed by atoms with Crippen LogP contribution >= 0.6 is 35.0 Å². The van der Waals surface area contributed by atoms with Gasteiger partial charge in [0.25, 0.3) is 0 Å². The number of nitrogens with one attached hydrogen (secondary N) is 1. The molecule has 0 amide bonds. The Bertz CT molecular complexity index is 1360. The zero-order valence-corrected chi connectivity index (χ0v) is 27.1. The normalized spacial score (nSPS) is 15.3. The van der Waals surface area contributed by atoms with Crippen LogP contribution in [0.15, 0.2) is 83.4 Å². The van der Waals surface area contributed by atoms with Gasteiger partial charge in [-0.25, -0.2) is 8.78 Å². The molecular weight excluding hydrogens is 593 g/mol. The highest BCUT2D eigenvalue weighted by atomic mass is 35.5. The first-order valence-electron chi connectivity index (χ1n) is 14.2. The topological polar surface area (TPSA) is 47.3 Å². The molecule has 4 atom stereocenters. The molecule has 226 valence electrons. The van der Waals surface area contributed by atoms with Gasteiger partial charge in [0.2, 0.25) is 0 Å². The number of ether oxygens (including phenoxy) is 1. The number of nitrogens with two attached hydrogens (primary N) is 1. The van der Waals surface area contributed by atoms with E-state index < -0.39 is 16.7 Å². The summed E-state index contributed by atoms with van der Waals surface area (Å²) in [6.07, 6.45) is 5.37. The number of hydrogen-bond donors (Lipinski definition) is 2. The van der Waals surface area contributed by atoms with Crippen molar-refractivity contribution in [2.24, 2.45) is 5.73 Å². The molecule has 0 radical (unpaired) electrons. The van der Waals surface area contributed by atoms with Gasteiger partial charge in [-0.2, -0.15) is 0 Å². The van der Waals surface area contributed by atoms with Crippen LogP contribution in [0.1, 0.15) is 63.1 Å². The SMILES string of the molecule is CCOC(C(C)N/C=C(\N)c1cc(F)c(Cl)c(F)c1)C(C/C=C(\CC)C(C)c1ccccc1)Sc1ccc(C)c(Cl)c1. The van der Waals surface area contributed by atoms with E-state index in [-0.39, 0.29) is 28.7 Å². The van der Waals surface area contributed by atoms with Gasteiger partial charge in [0.15, 0.2) is 0 Å². The molecule has 0 heterocycles. The molecule has 0 saturated carbocycles. The summed E-state index contributed by atoms with van der Waals surface area (Å²) in [4.78, 5) is 1.05. The summed E-state index contributed by atoms with van der Waals surface area (Å²) in [5.41, 5.74) is 10.2. The third-order valence-electron chi connectivity index (χ3n) is 7.34. The highest BCUT2D eigenvalue weighted by Crippen LogP contribution is 2.35. The molecule has 0 spiro atoms. The van der Waals surface area contributed by atoms with Crippen molar-refractivity contribution in [2.45, 2.75) is 75.7 Å². The lowest BCUT2D eigenvalue weighted by Gasteiger charge is -2.32. The quantitative estimate of drug-likeness (QED) is 0.105. The van der Waals surface area contributed by atoms with E-state index in [9.17, 15) is 8.78 Å². The van der Waals surface area contributed by atoms with Gasteiger partial charge in [-0.05, 0) is 69.0 Å². The third kappa shape index (κ3) is 9.24. The van der Waals surface area contributed by atoms with Crippen LogP contribution in [-0.2, 0) is 4.74 Å². The second kappa shape index (κ2) is 16.4. The van der Waals surface area contributed by atoms with E-state index in [1.54, 1.807) is 18.0 Å². The van der Waals surface area contributed by atoms with Gasteiger partial charge in [0.05, 0.1) is 17.8 Å². The zero-order valence-electron chi connectivity index (χ0n) is 24.8. The summed E-state index contributed by atoms with van der Waals surface area (Å²) < 4.78 is 34.4. The highest BCUT2D eigenvalue weighted by Gasteiger charge is 2.28. The molecule has 8 heteroatoms. The summed E-state index contributed by atoms with van der Waals surface area (Å²) in [5, 5.41) is 3.50. The van der Waals surface area contributed by atoms with Crippen molar-refractivity contribution in [2.75, 3.05) is 6.61 Å². The number of allylic oxidation sites excluding steroid dienone is 2. The summed E-state index contributed by atoms with van der Waals surface area (Å²) in [6.45, 7) is 10.9. The summed E-state index contributed by atoms with van der Waals surface area (Å²) >= 11 is 13.8. The van der Waals surface area contributed by atoms with Crippen molar-refractivity contribution < 1.29 is 13.5 Å². The van der Waals surface area contributed by atoms with Crippen molar-refractivity contribution in [1.29, 1.82) is 0 Å². The second-order valence-corrected chi connectivity index (χ2v) is 12.4. The van der Waals surface area contributed by atoms with Crippen LogP contribution in [0, 0.1) is 18.6 Å². The smallest absolute Gasteiger partial charge is 0.145 e. The van der Waals surface area contributed by atoms with Crippen LogP contribution in [0.25, 0.3) is 5.70 Å². The van der Waals surface area contributed by atoms with Crippen LogP contribution in [0.2, 0.25) is 10.0 Å². The summed E-state index contributed by atoms with van der Waals surface area (Å²) in [6, 6.07) is 18.7. The van der Waals surface area contributed by atoms with Crippen LogP contribution in [0.4, 0.5) is 8.78 Å². The lowest BCUT2D eigenvalue weighted by molar-refractivity contribution is 0.0412. The molecule has 0 bridgehead atoms. The van der Waals surface area contributed by atoms with Gasteiger partial charge in [0, 0.05) is 39.5 Å². The minimum atomic E-state index is -0.861. The van der Waals surface area contributed by atoms with Crippen molar-refractivity contribution in [3.8, 4) is 0 Å².